The summed E-state index contributed by atoms with van der Waals surface area (Å²) in [4.78, 5) is 2.19. The van der Waals surface area contributed by atoms with Gasteiger partial charge in [-0.05, 0) is 19.9 Å². The smallest absolute Gasteiger partial charge is 0.105 e. The van der Waals surface area contributed by atoms with Crippen LogP contribution in [0.25, 0.3) is 0 Å². The molecule has 0 bridgehead atoms. The van der Waals surface area contributed by atoms with Crippen molar-refractivity contribution in [3.63, 3.8) is 0 Å². The third-order valence-electron chi connectivity index (χ3n) is 2.37. The van der Waals surface area contributed by atoms with Gasteiger partial charge in [0.2, 0.25) is 0 Å². The molecule has 3 nitrogen and oxygen atoms in total. The second kappa shape index (κ2) is 3.72. The van der Waals surface area contributed by atoms with Gasteiger partial charge >= 0.3 is 0 Å². The van der Waals surface area contributed by atoms with E-state index >= 15 is 0 Å². The van der Waals surface area contributed by atoms with Crippen molar-refractivity contribution < 1.29 is 0 Å². The molecule has 0 radical (unpaired) electrons. The first kappa shape index (κ1) is 8.53. The van der Waals surface area contributed by atoms with Crippen molar-refractivity contribution in [2.75, 3.05) is 13.6 Å². The molecule has 0 spiro atoms. The number of hydrogen-bond acceptors (Lipinski definition) is 2. The topological polar surface area (TPSA) is 53.1 Å². The lowest BCUT2D eigenvalue weighted by Gasteiger charge is -2.22. The predicted molar refractivity (Wildman–Crippen MR) is 46.8 cm³/mol. The van der Waals surface area contributed by atoms with E-state index in [2.05, 4.69) is 11.9 Å². The Bertz CT molecular complexity index is 138. The summed E-state index contributed by atoms with van der Waals surface area (Å²) in [6.07, 6.45) is 5.24. The fourth-order valence-electron chi connectivity index (χ4n) is 1.74. The van der Waals surface area contributed by atoms with Crippen LogP contribution in [0.15, 0.2) is 0 Å². The van der Waals surface area contributed by atoms with Gasteiger partial charge in [0, 0.05) is 6.04 Å². The molecule has 3 heteroatoms. The number of rotatable bonds is 3. The fourth-order valence-corrected chi connectivity index (χ4v) is 1.74. The molecule has 1 rings (SSSR count). The van der Waals surface area contributed by atoms with Gasteiger partial charge in [0.15, 0.2) is 0 Å². The largest absolute Gasteiger partial charge is 0.387 e. The van der Waals surface area contributed by atoms with E-state index in [-0.39, 0.29) is 5.84 Å². The molecule has 0 amide bonds. The van der Waals surface area contributed by atoms with E-state index in [0.29, 0.717) is 12.6 Å². The average molecular weight is 155 g/mol. The highest BCUT2D eigenvalue weighted by molar-refractivity contribution is 5.78. The quantitative estimate of drug-likeness (QED) is 0.468. The van der Waals surface area contributed by atoms with E-state index in [9.17, 15) is 0 Å². The van der Waals surface area contributed by atoms with Crippen molar-refractivity contribution >= 4 is 5.84 Å². The minimum atomic E-state index is 0.277. The minimum Gasteiger partial charge on any atom is -0.387 e. The van der Waals surface area contributed by atoms with E-state index in [0.717, 1.165) is 0 Å². The van der Waals surface area contributed by atoms with Crippen LogP contribution in [0.1, 0.15) is 25.7 Å². The van der Waals surface area contributed by atoms with E-state index < -0.39 is 0 Å². The lowest BCUT2D eigenvalue weighted by atomic mass is 10.2. The predicted octanol–water partition coefficient (Wildman–Crippen LogP) is 0.797. The molecule has 11 heavy (non-hydrogen) atoms. The summed E-state index contributed by atoms with van der Waals surface area (Å²) in [6, 6.07) is 0.680. The molecule has 1 fully saturated rings. The van der Waals surface area contributed by atoms with Crippen LogP contribution in [0.4, 0.5) is 0 Å². The van der Waals surface area contributed by atoms with E-state index in [1.807, 2.05) is 0 Å². The summed E-state index contributed by atoms with van der Waals surface area (Å²) in [5.41, 5.74) is 5.30. The van der Waals surface area contributed by atoms with Crippen LogP contribution in [-0.4, -0.2) is 30.4 Å². The van der Waals surface area contributed by atoms with Gasteiger partial charge in [0.25, 0.3) is 0 Å². The third kappa shape index (κ3) is 2.50. The van der Waals surface area contributed by atoms with Crippen molar-refractivity contribution in [3.8, 4) is 0 Å². The maximum absolute atomic E-state index is 7.12. The Labute approximate surface area is 68.1 Å². The van der Waals surface area contributed by atoms with Crippen molar-refractivity contribution in [1.82, 2.24) is 4.90 Å². The van der Waals surface area contributed by atoms with Crippen LogP contribution in [0.5, 0.6) is 0 Å². The zero-order valence-electron chi connectivity index (χ0n) is 7.14. The van der Waals surface area contributed by atoms with Gasteiger partial charge in [0.1, 0.15) is 5.84 Å². The first-order valence-electron chi connectivity index (χ1n) is 4.23. The second-order valence-corrected chi connectivity index (χ2v) is 3.38. The molecule has 0 aromatic carbocycles. The maximum atomic E-state index is 7.12. The molecular formula is C8H17N3. The lowest BCUT2D eigenvalue weighted by Crippen LogP contribution is -2.36. The van der Waals surface area contributed by atoms with Gasteiger partial charge < -0.3 is 5.73 Å². The first-order chi connectivity index (χ1) is 5.20. The number of nitrogens with two attached hydrogens (primary N) is 1. The van der Waals surface area contributed by atoms with E-state index in [1.54, 1.807) is 0 Å². The molecule has 1 aliphatic rings. The number of nitrogens with zero attached hydrogens (tertiary/aromatic N) is 1. The number of hydrogen-bond donors (Lipinski definition) is 2. The SMILES string of the molecule is CN(CC(=N)N)C1CCCC1. The molecule has 0 aromatic heterocycles. The Hall–Kier alpha value is -0.570. The van der Waals surface area contributed by atoms with Crippen LogP contribution in [0, 0.1) is 5.41 Å². The van der Waals surface area contributed by atoms with E-state index in [1.165, 1.54) is 25.7 Å². The highest BCUT2D eigenvalue weighted by atomic mass is 15.1. The monoisotopic (exact) mass is 155 g/mol. The zero-order chi connectivity index (χ0) is 8.27. The molecular weight excluding hydrogens is 138 g/mol. The summed E-state index contributed by atoms with van der Waals surface area (Å²) in [5, 5.41) is 7.12. The summed E-state index contributed by atoms with van der Waals surface area (Å²) < 4.78 is 0. The molecule has 0 heterocycles. The van der Waals surface area contributed by atoms with Gasteiger partial charge in [-0.1, -0.05) is 12.8 Å². The van der Waals surface area contributed by atoms with Crippen LogP contribution in [0.3, 0.4) is 0 Å². The number of amidine groups is 1. The standard InChI is InChI=1S/C8H17N3/c1-11(6-8(9)10)7-4-2-3-5-7/h7H,2-6H2,1H3,(H3,9,10). The average Bonchev–Trinajstić information content (AvgIpc) is 2.35. The highest BCUT2D eigenvalue weighted by Crippen LogP contribution is 2.21. The second-order valence-electron chi connectivity index (χ2n) is 3.38. The Morgan fingerprint density at radius 2 is 2.09 bits per heavy atom. The van der Waals surface area contributed by atoms with Gasteiger partial charge in [0.05, 0.1) is 6.54 Å². The molecule has 3 N–H and O–H groups in total. The molecule has 0 unspecified atom stereocenters. The Morgan fingerprint density at radius 1 is 1.55 bits per heavy atom. The maximum Gasteiger partial charge on any atom is 0.105 e. The summed E-state index contributed by atoms with van der Waals surface area (Å²) in [7, 11) is 2.05. The van der Waals surface area contributed by atoms with Gasteiger partial charge in [-0.25, -0.2) is 0 Å². The third-order valence-corrected chi connectivity index (χ3v) is 2.37. The van der Waals surface area contributed by atoms with Crippen LogP contribution >= 0.6 is 0 Å². The Balaban J connectivity index is 2.28. The minimum absolute atomic E-state index is 0.277. The molecule has 0 saturated heterocycles. The first-order valence-corrected chi connectivity index (χ1v) is 4.23. The molecule has 0 atom stereocenters. The van der Waals surface area contributed by atoms with Crippen LogP contribution in [-0.2, 0) is 0 Å². The number of likely N-dealkylation sites (N-methyl/N-ethyl adjacent to an activating group) is 1. The summed E-state index contributed by atoms with van der Waals surface area (Å²) in [5.74, 6) is 0.277. The molecule has 0 aromatic rings. The molecule has 64 valence electrons. The molecule has 0 aliphatic heterocycles. The van der Waals surface area contributed by atoms with E-state index in [4.69, 9.17) is 11.1 Å². The van der Waals surface area contributed by atoms with Crippen LogP contribution in [0.2, 0.25) is 0 Å². The van der Waals surface area contributed by atoms with Gasteiger partial charge in [-0.2, -0.15) is 0 Å². The molecule has 1 saturated carbocycles. The lowest BCUT2D eigenvalue weighted by molar-refractivity contribution is 0.277. The van der Waals surface area contributed by atoms with Crippen molar-refractivity contribution in [3.05, 3.63) is 0 Å². The normalized spacial score (nSPS) is 19.5. The van der Waals surface area contributed by atoms with Gasteiger partial charge in [-0.15, -0.1) is 0 Å². The van der Waals surface area contributed by atoms with Crippen molar-refractivity contribution in [2.45, 2.75) is 31.7 Å². The number of nitrogens with one attached hydrogen (secondary N) is 1. The van der Waals surface area contributed by atoms with Gasteiger partial charge in [-0.3, -0.25) is 10.3 Å². The summed E-state index contributed by atoms with van der Waals surface area (Å²) >= 11 is 0. The van der Waals surface area contributed by atoms with Crippen molar-refractivity contribution in [2.24, 2.45) is 5.73 Å². The Kier molecular flexibility index (Phi) is 2.88. The van der Waals surface area contributed by atoms with Crippen LogP contribution < -0.4 is 5.73 Å². The summed E-state index contributed by atoms with van der Waals surface area (Å²) in [6.45, 7) is 0.630. The highest BCUT2D eigenvalue weighted by Gasteiger charge is 2.19. The van der Waals surface area contributed by atoms with Crippen molar-refractivity contribution in [1.29, 1.82) is 5.41 Å². The fraction of sp³-hybridized carbons (Fsp3) is 0.875. The zero-order valence-corrected chi connectivity index (χ0v) is 7.14. The Morgan fingerprint density at radius 3 is 2.55 bits per heavy atom. The molecule has 1 aliphatic carbocycles.